The van der Waals surface area contributed by atoms with E-state index in [4.69, 9.17) is 4.42 Å². The molecule has 0 bridgehead atoms. The van der Waals surface area contributed by atoms with Crippen LogP contribution in [0.25, 0.3) is 22.4 Å². The molecule has 0 saturated heterocycles. The highest BCUT2D eigenvalue weighted by Crippen LogP contribution is 2.26. The van der Waals surface area contributed by atoms with Gasteiger partial charge in [0.1, 0.15) is 6.54 Å². The Hall–Kier alpha value is -3.28. The van der Waals surface area contributed by atoms with Gasteiger partial charge in [0, 0.05) is 30.1 Å². The summed E-state index contributed by atoms with van der Waals surface area (Å²) >= 11 is 0. The van der Waals surface area contributed by atoms with Crippen molar-refractivity contribution in [3.63, 3.8) is 0 Å². The van der Waals surface area contributed by atoms with Crippen molar-refractivity contribution in [2.24, 2.45) is 0 Å². The summed E-state index contributed by atoms with van der Waals surface area (Å²) in [4.78, 5) is 4.45. The second-order valence-corrected chi connectivity index (χ2v) is 6.33. The molecular formula is C20H19N5O. The topological polar surface area (TPSA) is 69.6 Å². The predicted octanol–water partition coefficient (Wildman–Crippen LogP) is 3.97. The fourth-order valence-corrected chi connectivity index (χ4v) is 3.00. The van der Waals surface area contributed by atoms with Crippen LogP contribution in [0.5, 0.6) is 0 Å². The van der Waals surface area contributed by atoms with Gasteiger partial charge in [-0.25, -0.2) is 0 Å². The molecule has 3 heterocycles. The van der Waals surface area contributed by atoms with Crippen LogP contribution in [0.15, 0.2) is 53.1 Å². The third kappa shape index (κ3) is 3.39. The van der Waals surface area contributed by atoms with E-state index in [1.54, 1.807) is 11.6 Å². The first kappa shape index (κ1) is 16.2. The Morgan fingerprint density at radius 3 is 2.38 bits per heavy atom. The number of hydrogen-bond acceptors (Lipinski definition) is 5. The highest BCUT2D eigenvalue weighted by Gasteiger charge is 2.08. The molecule has 0 radical (unpaired) electrons. The number of aromatic nitrogens is 5. The van der Waals surface area contributed by atoms with Gasteiger partial charge in [0.25, 0.3) is 0 Å². The van der Waals surface area contributed by atoms with Crippen molar-refractivity contribution in [2.75, 3.05) is 0 Å². The molecule has 6 heteroatoms. The van der Waals surface area contributed by atoms with E-state index in [-0.39, 0.29) is 0 Å². The van der Waals surface area contributed by atoms with E-state index < -0.39 is 0 Å². The lowest BCUT2D eigenvalue weighted by Crippen LogP contribution is -2.00. The maximum atomic E-state index is 5.41. The van der Waals surface area contributed by atoms with Gasteiger partial charge in [-0.2, -0.15) is 5.10 Å². The molecule has 0 aliphatic heterocycles. The molecule has 4 aromatic rings. The van der Waals surface area contributed by atoms with Crippen LogP contribution in [-0.2, 0) is 6.54 Å². The molecule has 26 heavy (non-hydrogen) atoms. The van der Waals surface area contributed by atoms with E-state index in [2.05, 4.69) is 56.7 Å². The van der Waals surface area contributed by atoms with Crippen LogP contribution in [0.4, 0.5) is 0 Å². The number of aryl methyl sites for hydroxylation is 3. The Morgan fingerprint density at radius 2 is 1.65 bits per heavy atom. The first-order valence-electron chi connectivity index (χ1n) is 8.45. The number of hydrogen-bond donors (Lipinski definition) is 0. The van der Waals surface area contributed by atoms with Crippen LogP contribution >= 0.6 is 0 Å². The van der Waals surface area contributed by atoms with Gasteiger partial charge < -0.3 is 4.42 Å². The van der Waals surface area contributed by atoms with Gasteiger partial charge in [-0.15, -0.1) is 10.2 Å². The Bertz CT molecular complexity index is 1040. The lowest BCUT2D eigenvalue weighted by Gasteiger charge is -2.06. The summed E-state index contributed by atoms with van der Waals surface area (Å²) in [5.41, 5.74) is 6.32. The van der Waals surface area contributed by atoms with E-state index in [0.29, 0.717) is 18.3 Å². The number of pyridine rings is 1. The molecule has 4 rings (SSSR count). The minimum Gasteiger partial charge on any atom is -0.424 e. The zero-order chi connectivity index (χ0) is 18.1. The molecule has 0 saturated carbocycles. The Balaban J connectivity index is 1.62. The number of rotatable bonds is 4. The van der Waals surface area contributed by atoms with E-state index in [1.807, 2.05) is 26.1 Å². The van der Waals surface area contributed by atoms with Gasteiger partial charge in [0.05, 0.1) is 5.69 Å². The average molecular weight is 345 g/mol. The van der Waals surface area contributed by atoms with Crippen molar-refractivity contribution in [3.05, 3.63) is 71.8 Å². The standard InChI is InChI=1S/C20H19N5O/c1-13-9-18(10-14(2)21-13)16-5-4-6-17(11-16)19-7-8-25(24-19)12-20-23-22-15(3)26-20/h4-11H,12H2,1-3H3. The first-order valence-corrected chi connectivity index (χ1v) is 8.45. The van der Waals surface area contributed by atoms with Crippen LogP contribution < -0.4 is 0 Å². The van der Waals surface area contributed by atoms with Crippen LogP contribution in [0.1, 0.15) is 23.2 Å². The number of nitrogens with zero attached hydrogens (tertiary/aromatic N) is 5. The summed E-state index contributed by atoms with van der Waals surface area (Å²) in [6.07, 6.45) is 1.92. The summed E-state index contributed by atoms with van der Waals surface area (Å²) < 4.78 is 7.21. The number of benzene rings is 1. The predicted molar refractivity (Wildman–Crippen MR) is 98.5 cm³/mol. The normalized spacial score (nSPS) is 11.0. The van der Waals surface area contributed by atoms with Crippen LogP contribution in [0.3, 0.4) is 0 Å². The quantitative estimate of drug-likeness (QED) is 0.560. The van der Waals surface area contributed by atoms with Crippen molar-refractivity contribution < 1.29 is 4.42 Å². The molecule has 1 aromatic carbocycles. The molecule has 0 unspecified atom stereocenters. The minimum absolute atomic E-state index is 0.462. The summed E-state index contributed by atoms with van der Waals surface area (Å²) in [6.45, 7) is 6.27. The van der Waals surface area contributed by atoms with Crippen molar-refractivity contribution in [2.45, 2.75) is 27.3 Å². The zero-order valence-electron chi connectivity index (χ0n) is 15.0. The van der Waals surface area contributed by atoms with Crippen molar-refractivity contribution >= 4 is 0 Å². The molecule has 0 fully saturated rings. The van der Waals surface area contributed by atoms with Crippen molar-refractivity contribution in [1.29, 1.82) is 0 Å². The fourth-order valence-electron chi connectivity index (χ4n) is 3.00. The van der Waals surface area contributed by atoms with Gasteiger partial charge in [-0.05, 0) is 49.2 Å². The van der Waals surface area contributed by atoms with Gasteiger partial charge in [-0.1, -0.05) is 18.2 Å². The average Bonchev–Trinajstić information content (AvgIpc) is 3.24. The van der Waals surface area contributed by atoms with Gasteiger partial charge in [0.15, 0.2) is 0 Å². The highest BCUT2D eigenvalue weighted by molar-refractivity contribution is 5.71. The van der Waals surface area contributed by atoms with Crippen LogP contribution in [0, 0.1) is 20.8 Å². The summed E-state index contributed by atoms with van der Waals surface area (Å²) in [5.74, 6) is 1.11. The lowest BCUT2D eigenvalue weighted by atomic mass is 10.0. The second kappa shape index (κ2) is 6.55. The van der Waals surface area contributed by atoms with E-state index >= 15 is 0 Å². The van der Waals surface area contributed by atoms with Crippen molar-refractivity contribution in [1.82, 2.24) is 25.0 Å². The maximum Gasteiger partial charge on any atom is 0.237 e. The van der Waals surface area contributed by atoms with E-state index in [9.17, 15) is 0 Å². The highest BCUT2D eigenvalue weighted by atomic mass is 16.4. The lowest BCUT2D eigenvalue weighted by molar-refractivity contribution is 0.444. The summed E-state index contributed by atoms with van der Waals surface area (Å²) in [6, 6.07) is 14.6. The van der Waals surface area contributed by atoms with Gasteiger partial charge >= 0.3 is 0 Å². The van der Waals surface area contributed by atoms with Gasteiger partial charge in [-0.3, -0.25) is 9.67 Å². The smallest absolute Gasteiger partial charge is 0.237 e. The monoisotopic (exact) mass is 345 g/mol. The molecule has 6 nitrogen and oxygen atoms in total. The minimum atomic E-state index is 0.462. The largest absolute Gasteiger partial charge is 0.424 e. The molecule has 3 aromatic heterocycles. The zero-order valence-corrected chi connectivity index (χ0v) is 15.0. The third-order valence-electron chi connectivity index (χ3n) is 4.08. The van der Waals surface area contributed by atoms with Crippen LogP contribution in [-0.4, -0.2) is 25.0 Å². The molecule has 0 aliphatic carbocycles. The second-order valence-electron chi connectivity index (χ2n) is 6.33. The molecule has 130 valence electrons. The Morgan fingerprint density at radius 1 is 0.885 bits per heavy atom. The summed E-state index contributed by atoms with van der Waals surface area (Å²) in [5, 5.41) is 12.5. The molecule has 0 spiro atoms. The van der Waals surface area contributed by atoms with E-state index in [0.717, 1.165) is 33.8 Å². The summed E-state index contributed by atoms with van der Waals surface area (Å²) in [7, 11) is 0. The maximum absolute atomic E-state index is 5.41. The SMILES string of the molecule is Cc1cc(-c2cccc(-c3ccn(Cc4nnc(C)o4)n3)c2)cc(C)n1. The third-order valence-corrected chi connectivity index (χ3v) is 4.08. The Kier molecular flexibility index (Phi) is 4.08. The molecule has 0 N–H and O–H groups in total. The fraction of sp³-hybridized carbons (Fsp3) is 0.200. The Labute approximate surface area is 151 Å². The molecule has 0 atom stereocenters. The molecular weight excluding hydrogens is 326 g/mol. The van der Waals surface area contributed by atoms with Crippen LogP contribution in [0.2, 0.25) is 0 Å². The molecule has 0 amide bonds. The van der Waals surface area contributed by atoms with Crippen molar-refractivity contribution in [3.8, 4) is 22.4 Å². The first-order chi connectivity index (χ1) is 12.6. The van der Waals surface area contributed by atoms with Gasteiger partial charge in [0.2, 0.25) is 11.8 Å². The molecule has 0 aliphatic rings. The van der Waals surface area contributed by atoms with E-state index in [1.165, 1.54) is 0 Å².